The smallest absolute Gasteiger partial charge is 0.457 e. The van der Waals surface area contributed by atoms with E-state index in [0.29, 0.717) is 12.8 Å². The van der Waals surface area contributed by atoms with E-state index < -0.39 is 58.4 Å². The quantitative estimate of drug-likeness (QED) is 0.0233. The first-order valence-corrected chi connectivity index (χ1v) is 26.3. The average molecular weight is 873 g/mol. The third-order valence-corrected chi connectivity index (χ3v) is 11.9. The number of aliphatic hydroxyl groups excluding tert-OH is 2. The van der Waals surface area contributed by atoms with Crippen molar-refractivity contribution in [2.75, 3.05) is 26.4 Å². The van der Waals surface area contributed by atoms with Crippen LogP contribution in [-0.2, 0) is 32.7 Å². The second kappa shape index (κ2) is 45.5. The molecule has 0 heterocycles. The van der Waals surface area contributed by atoms with Crippen molar-refractivity contribution in [3.63, 3.8) is 0 Å². The molecule has 0 saturated carbocycles. The second-order valence-corrected chi connectivity index (χ2v) is 18.3. The van der Waals surface area contributed by atoms with Gasteiger partial charge in [-0.25, -0.2) is 4.57 Å². The zero-order valence-electron chi connectivity index (χ0n) is 38.7. The van der Waals surface area contributed by atoms with Gasteiger partial charge in [-0.3, -0.25) is 18.6 Å². The van der Waals surface area contributed by atoms with Crippen molar-refractivity contribution in [3.05, 3.63) is 24.3 Å². The van der Waals surface area contributed by atoms with Crippen LogP contribution in [0.4, 0.5) is 0 Å². The molecule has 3 unspecified atom stereocenters. The molecule has 0 bridgehead atoms. The molecule has 3 atom stereocenters. The van der Waals surface area contributed by atoms with Gasteiger partial charge in [-0.1, -0.05) is 212 Å². The molecule has 354 valence electrons. The Balaban J connectivity index is 3.80. The fourth-order valence-corrected chi connectivity index (χ4v) is 7.86. The Kier molecular flexibility index (Phi) is 44.3. The van der Waals surface area contributed by atoms with Gasteiger partial charge in [-0.15, -0.1) is 0 Å². The number of hydrogen-bond donors (Lipinski definition) is 3. The molecule has 0 aliphatic rings. The molecule has 0 aliphatic heterocycles. The van der Waals surface area contributed by atoms with Gasteiger partial charge in [-0.05, 0) is 38.5 Å². The molecule has 0 saturated heterocycles. The van der Waals surface area contributed by atoms with Gasteiger partial charge in [0.25, 0.3) is 0 Å². The lowest BCUT2D eigenvalue weighted by molar-refractivity contribution is -0.153. The Morgan fingerprint density at radius 2 is 0.750 bits per heavy atom. The molecule has 3 N–H and O–H groups in total. The summed E-state index contributed by atoms with van der Waals surface area (Å²) in [5.41, 5.74) is 0. The van der Waals surface area contributed by atoms with E-state index in [1.54, 1.807) is 0 Å². The normalized spacial score (nSPS) is 13.9. The number of esters is 2. The van der Waals surface area contributed by atoms with Gasteiger partial charge in [0.15, 0.2) is 0 Å². The molecular formula is C49H93O10P. The number of aliphatic hydroxyl groups is 2. The fraction of sp³-hybridized carbons (Fsp3) is 0.878. The van der Waals surface area contributed by atoms with Gasteiger partial charge in [0.05, 0.1) is 26.4 Å². The van der Waals surface area contributed by atoms with Crippen molar-refractivity contribution in [1.82, 2.24) is 0 Å². The zero-order valence-corrected chi connectivity index (χ0v) is 39.6. The number of carbonyl (C=O) groups excluding carboxylic acids is 2. The van der Waals surface area contributed by atoms with E-state index in [-0.39, 0.29) is 12.8 Å². The molecule has 11 heteroatoms. The lowest BCUT2D eigenvalue weighted by Crippen LogP contribution is -2.28. The van der Waals surface area contributed by atoms with Crippen LogP contribution in [0.2, 0.25) is 0 Å². The molecule has 0 spiro atoms. The van der Waals surface area contributed by atoms with E-state index in [0.717, 1.165) is 64.2 Å². The maximum Gasteiger partial charge on any atom is 0.472 e. The number of ether oxygens (including phenoxy) is 2. The van der Waals surface area contributed by atoms with Crippen LogP contribution < -0.4 is 0 Å². The van der Waals surface area contributed by atoms with Crippen LogP contribution in [0.5, 0.6) is 0 Å². The summed E-state index contributed by atoms with van der Waals surface area (Å²) in [6, 6.07) is 0. The number of hydrogen-bond acceptors (Lipinski definition) is 9. The maximum absolute atomic E-state index is 12.4. The van der Waals surface area contributed by atoms with Crippen molar-refractivity contribution in [2.45, 2.75) is 251 Å². The molecule has 0 aromatic carbocycles. The molecule has 60 heavy (non-hydrogen) atoms. The molecule has 0 aromatic rings. The Hall–Kier alpha value is -1.55. The number of allylic oxidation sites excluding steroid dienone is 4. The van der Waals surface area contributed by atoms with E-state index in [1.165, 1.54) is 135 Å². The van der Waals surface area contributed by atoms with Crippen molar-refractivity contribution in [1.29, 1.82) is 0 Å². The van der Waals surface area contributed by atoms with Crippen LogP contribution in [0.3, 0.4) is 0 Å². The molecule has 0 radical (unpaired) electrons. The fourth-order valence-electron chi connectivity index (χ4n) is 7.07. The first-order chi connectivity index (χ1) is 29.3. The van der Waals surface area contributed by atoms with Gasteiger partial charge in [0.1, 0.15) is 12.2 Å². The summed E-state index contributed by atoms with van der Waals surface area (Å²) in [6.45, 7) is 2.19. The predicted molar refractivity (Wildman–Crippen MR) is 247 cm³/mol. The van der Waals surface area contributed by atoms with Gasteiger partial charge in [0, 0.05) is 12.8 Å². The van der Waals surface area contributed by atoms with E-state index in [9.17, 15) is 29.3 Å². The Labute approximate surface area is 368 Å². The maximum atomic E-state index is 12.4. The minimum atomic E-state index is -4.64. The van der Waals surface area contributed by atoms with Crippen molar-refractivity contribution in [2.24, 2.45) is 0 Å². The van der Waals surface area contributed by atoms with E-state index in [1.807, 2.05) is 0 Å². The minimum absolute atomic E-state index is 0.178. The van der Waals surface area contributed by atoms with E-state index >= 15 is 0 Å². The summed E-state index contributed by atoms with van der Waals surface area (Å²) in [6.07, 6.45) is 47.3. The average Bonchev–Trinajstić information content (AvgIpc) is 3.24. The molecule has 0 fully saturated rings. The summed E-state index contributed by atoms with van der Waals surface area (Å²) in [4.78, 5) is 34.6. The third kappa shape index (κ3) is 43.1. The van der Waals surface area contributed by atoms with Gasteiger partial charge >= 0.3 is 19.8 Å². The van der Waals surface area contributed by atoms with Crippen LogP contribution >= 0.6 is 7.82 Å². The van der Waals surface area contributed by atoms with Crippen molar-refractivity contribution in [3.8, 4) is 0 Å². The number of phosphoric ester groups is 1. The van der Waals surface area contributed by atoms with Gasteiger partial charge < -0.3 is 24.6 Å². The first kappa shape index (κ1) is 58.5. The highest BCUT2D eigenvalue weighted by Gasteiger charge is 2.27. The third-order valence-electron chi connectivity index (χ3n) is 10.9. The van der Waals surface area contributed by atoms with Gasteiger partial charge in [-0.2, -0.15) is 0 Å². The topological polar surface area (TPSA) is 149 Å². The Morgan fingerprint density at radius 1 is 0.450 bits per heavy atom. The number of phosphoric acid groups is 1. The second-order valence-electron chi connectivity index (χ2n) is 16.8. The predicted octanol–water partition coefficient (Wildman–Crippen LogP) is 13.7. The lowest BCUT2D eigenvalue weighted by atomic mass is 10.0. The van der Waals surface area contributed by atoms with Crippen molar-refractivity contribution < 1.29 is 47.8 Å². The van der Waals surface area contributed by atoms with Crippen LogP contribution in [-0.4, -0.2) is 65.7 Å². The summed E-state index contributed by atoms with van der Waals surface area (Å²) in [5.74, 6) is -1.02. The molecule has 0 aromatic heterocycles. The monoisotopic (exact) mass is 873 g/mol. The van der Waals surface area contributed by atoms with Crippen LogP contribution in [0, 0.1) is 0 Å². The molecule has 10 nitrogen and oxygen atoms in total. The Bertz CT molecular complexity index is 1050. The first-order valence-electron chi connectivity index (χ1n) is 24.8. The minimum Gasteiger partial charge on any atom is -0.457 e. The number of unbranched alkanes of at least 4 members (excludes halogenated alkanes) is 29. The molecule has 0 rings (SSSR count). The lowest BCUT2D eigenvalue weighted by Gasteiger charge is -2.20. The molecular weight excluding hydrogens is 780 g/mol. The highest BCUT2D eigenvalue weighted by Crippen LogP contribution is 2.43. The molecule has 0 amide bonds. The molecule has 0 aliphatic carbocycles. The Morgan fingerprint density at radius 3 is 1.08 bits per heavy atom. The summed E-state index contributed by atoms with van der Waals surface area (Å²) >= 11 is 0. The number of rotatable bonds is 47. The number of carbonyl (C=O) groups is 2. The largest absolute Gasteiger partial charge is 0.472 e. The summed E-state index contributed by atoms with van der Waals surface area (Å²) < 4.78 is 32.7. The van der Waals surface area contributed by atoms with Crippen molar-refractivity contribution >= 4 is 19.8 Å². The SMILES string of the molecule is CCCC/C=C\C/C=C\CCCCCCCC(=O)OC(CO)COP(=O)(O)OCC(CO)OC(=O)CCCCCCCCCCCCCCCCCCCCCCCCC. The van der Waals surface area contributed by atoms with Crippen LogP contribution in [0.1, 0.15) is 239 Å². The van der Waals surface area contributed by atoms with E-state index in [2.05, 4.69) is 38.2 Å². The highest BCUT2D eigenvalue weighted by atomic mass is 31.2. The summed E-state index contributed by atoms with van der Waals surface area (Å²) in [7, 11) is -4.64. The van der Waals surface area contributed by atoms with Crippen LogP contribution in [0.25, 0.3) is 0 Å². The summed E-state index contributed by atoms with van der Waals surface area (Å²) in [5, 5.41) is 19.2. The zero-order chi connectivity index (χ0) is 44.0. The van der Waals surface area contributed by atoms with Crippen LogP contribution in [0.15, 0.2) is 24.3 Å². The van der Waals surface area contributed by atoms with Gasteiger partial charge in [0.2, 0.25) is 0 Å². The van der Waals surface area contributed by atoms with E-state index in [4.69, 9.17) is 18.5 Å². The standard InChI is InChI=1S/C49H93O10P/c1-3-5-7-9-11-13-15-17-19-20-21-22-23-24-25-26-27-29-31-33-35-37-39-41-49(53)59-47(43-51)45-57-60(54,55)56-44-46(42-50)58-48(52)40-38-36-34-32-30-28-18-16-14-12-10-8-6-4-2/h10,12,16,18,46-47,50-51H,3-9,11,13-15,17,19-45H2,1-2H3,(H,54,55)/b12-10-,18-16-. The highest BCUT2D eigenvalue weighted by molar-refractivity contribution is 7.47.